The summed E-state index contributed by atoms with van der Waals surface area (Å²) in [5, 5.41) is 3.10. The Morgan fingerprint density at radius 3 is 2.67 bits per heavy atom. The quantitative estimate of drug-likeness (QED) is 0.699. The number of hydrogen-bond donors (Lipinski definition) is 1. The van der Waals surface area contributed by atoms with E-state index in [2.05, 4.69) is 15.0 Å². The molecule has 3 aromatic rings. The van der Waals surface area contributed by atoms with Gasteiger partial charge in [0.2, 0.25) is 0 Å². The van der Waals surface area contributed by atoms with Gasteiger partial charge in [0.05, 0.1) is 23.9 Å². The number of rotatable bonds is 4. The number of halogens is 2. The number of amides is 1. The van der Waals surface area contributed by atoms with Crippen LogP contribution in [0.2, 0.25) is 0 Å². The van der Waals surface area contributed by atoms with Gasteiger partial charge in [-0.3, -0.25) is 10.3 Å². The van der Waals surface area contributed by atoms with E-state index >= 15 is 0 Å². The lowest BCUT2D eigenvalue weighted by Crippen LogP contribution is -2.17. The minimum absolute atomic E-state index is 0.0616. The molecule has 1 N–H and O–H groups in total. The third-order valence-corrected chi connectivity index (χ3v) is 3.74. The Balaban J connectivity index is 1.71. The van der Waals surface area contributed by atoms with Crippen LogP contribution in [0.4, 0.5) is 19.3 Å². The summed E-state index contributed by atoms with van der Waals surface area (Å²) in [6, 6.07) is 10.3. The first-order valence-corrected chi connectivity index (χ1v) is 7.82. The van der Waals surface area contributed by atoms with E-state index < -0.39 is 23.7 Å². The maximum absolute atomic E-state index is 13.5. The van der Waals surface area contributed by atoms with Gasteiger partial charge in [0.25, 0.3) is 0 Å². The Morgan fingerprint density at radius 1 is 1.11 bits per heavy atom. The molecule has 0 aliphatic carbocycles. The molecule has 0 saturated heterocycles. The van der Waals surface area contributed by atoms with Crippen molar-refractivity contribution < 1.29 is 27.8 Å². The highest BCUT2D eigenvalue weighted by Gasteiger charge is 2.18. The number of fused-ring (bicyclic) bond motifs is 1. The van der Waals surface area contributed by atoms with Crippen LogP contribution in [0, 0.1) is 11.6 Å². The highest BCUT2D eigenvalue weighted by Crippen LogP contribution is 2.21. The lowest BCUT2D eigenvalue weighted by molar-refractivity contribution is 0.0601. The number of anilines is 1. The fourth-order valence-electron chi connectivity index (χ4n) is 2.44. The molecule has 138 valence electrons. The average molecular weight is 372 g/mol. The van der Waals surface area contributed by atoms with Gasteiger partial charge >= 0.3 is 12.1 Å². The van der Waals surface area contributed by atoms with Crippen LogP contribution in [0.25, 0.3) is 10.9 Å². The number of benzene rings is 2. The molecule has 0 spiro atoms. The van der Waals surface area contributed by atoms with Crippen LogP contribution in [-0.4, -0.2) is 24.2 Å². The number of pyridine rings is 1. The zero-order valence-corrected chi connectivity index (χ0v) is 14.2. The first kappa shape index (κ1) is 18.2. The van der Waals surface area contributed by atoms with E-state index in [9.17, 15) is 18.4 Å². The Bertz CT molecular complexity index is 1020. The molecule has 6 nitrogen and oxygen atoms in total. The molecule has 0 radical (unpaired) electrons. The molecule has 0 aliphatic heterocycles. The summed E-state index contributed by atoms with van der Waals surface area (Å²) in [6.45, 7) is -0.0616. The molecular weight excluding hydrogens is 358 g/mol. The molecule has 1 heterocycles. The molecule has 0 bridgehead atoms. The van der Waals surface area contributed by atoms with Crippen LogP contribution >= 0.6 is 0 Å². The van der Waals surface area contributed by atoms with Gasteiger partial charge < -0.3 is 9.47 Å². The molecule has 8 heteroatoms. The van der Waals surface area contributed by atoms with Gasteiger partial charge in [0, 0.05) is 17.6 Å². The van der Waals surface area contributed by atoms with Crippen LogP contribution in [0.15, 0.2) is 48.7 Å². The normalized spacial score (nSPS) is 10.5. The van der Waals surface area contributed by atoms with E-state index in [0.717, 1.165) is 18.0 Å². The van der Waals surface area contributed by atoms with Gasteiger partial charge in [0.1, 0.15) is 6.61 Å². The van der Waals surface area contributed by atoms with Crippen molar-refractivity contribution in [1.82, 2.24) is 4.98 Å². The van der Waals surface area contributed by atoms with Crippen molar-refractivity contribution in [3.05, 3.63) is 71.4 Å². The molecule has 3 rings (SSSR count). The molecule has 0 saturated carbocycles. The summed E-state index contributed by atoms with van der Waals surface area (Å²) in [5.41, 5.74) is 0.929. The molecule has 27 heavy (non-hydrogen) atoms. The molecule has 0 fully saturated rings. The van der Waals surface area contributed by atoms with Gasteiger partial charge in [-0.1, -0.05) is 12.1 Å². The third-order valence-electron chi connectivity index (χ3n) is 3.74. The number of hydrogen-bond acceptors (Lipinski definition) is 5. The Hall–Kier alpha value is -3.55. The van der Waals surface area contributed by atoms with Crippen molar-refractivity contribution in [1.29, 1.82) is 0 Å². The van der Waals surface area contributed by atoms with Gasteiger partial charge in [-0.25, -0.2) is 18.4 Å². The number of nitrogens with zero attached hydrogens (tertiary/aromatic N) is 1. The van der Waals surface area contributed by atoms with Crippen LogP contribution in [0.3, 0.4) is 0 Å². The minimum atomic E-state index is -1.24. The molecule has 2 aromatic carbocycles. The molecule has 1 aromatic heterocycles. The molecular formula is C19H14F2N2O4. The van der Waals surface area contributed by atoms with Crippen LogP contribution < -0.4 is 5.32 Å². The SMILES string of the molecule is COC(=O)c1cc(F)c(F)cc1NC(=O)OCc1ccc2ncccc2c1. The number of aromatic nitrogens is 1. The highest BCUT2D eigenvalue weighted by molar-refractivity contribution is 5.99. The van der Waals surface area contributed by atoms with Crippen LogP contribution in [0.1, 0.15) is 15.9 Å². The van der Waals surface area contributed by atoms with Crippen LogP contribution in [-0.2, 0) is 16.1 Å². The Labute approximate surface area is 152 Å². The van der Waals surface area contributed by atoms with E-state index in [1.807, 2.05) is 12.1 Å². The van der Waals surface area contributed by atoms with Crippen molar-refractivity contribution in [3.8, 4) is 0 Å². The zero-order valence-electron chi connectivity index (χ0n) is 14.2. The second-order valence-electron chi connectivity index (χ2n) is 5.54. The van der Waals surface area contributed by atoms with Crippen molar-refractivity contribution in [2.45, 2.75) is 6.61 Å². The van der Waals surface area contributed by atoms with Crippen molar-refractivity contribution in [2.75, 3.05) is 12.4 Å². The summed E-state index contributed by atoms with van der Waals surface area (Å²) >= 11 is 0. The summed E-state index contributed by atoms with van der Waals surface area (Å²) in [5.74, 6) is -3.38. The largest absolute Gasteiger partial charge is 0.465 e. The Kier molecular flexibility index (Phi) is 5.25. The maximum Gasteiger partial charge on any atom is 0.411 e. The number of ether oxygens (including phenoxy) is 2. The van der Waals surface area contributed by atoms with E-state index in [-0.39, 0.29) is 17.9 Å². The van der Waals surface area contributed by atoms with E-state index in [1.165, 1.54) is 0 Å². The highest BCUT2D eigenvalue weighted by atomic mass is 19.2. The third kappa shape index (κ3) is 4.17. The number of carbonyl (C=O) groups is 2. The maximum atomic E-state index is 13.5. The summed E-state index contributed by atoms with van der Waals surface area (Å²) in [4.78, 5) is 27.9. The number of methoxy groups -OCH3 is 1. The lowest BCUT2D eigenvalue weighted by atomic mass is 10.1. The summed E-state index contributed by atoms with van der Waals surface area (Å²) in [7, 11) is 1.08. The summed E-state index contributed by atoms with van der Waals surface area (Å²) in [6.07, 6.45) is 0.740. The number of esters is 1. The monoisotopic (exact) mass is 372 g/mol. The topological polar surface area (TPSA) is 77.5 Å². The zero-order chi connectivity index (χ0) is 19.4. The fraction of sp³-hybridized carbons (Fsp3) is 0.105. The first-order valence-electron chi connectivity index (χ1n) is 7.82. The van der Waals surface area contributed by atoms with Crippen LogP contribution in [0.5, 0.6) is 0 Å². The van der Waals surface area contributed by atoms with E-state index in [0.29, 0.717) is 17.7 Å². The number of nitrogens with one attached hydrogen (secondary N) is 1. The molecule has 1 amide bonds. The van der Waals surface area contributed by atoms with Gasteiger partial charge in [-0.15, -0.1) is 0 Å². The summed E-state index contributed by atoms with van der Waals surface area (Å²) < 4.78 is 36.4. The molecule has 0 unspecified atom stereocenters. The second kappa shape index (κ2) is 7.77. The van der Waals surface area contributed by atoms with Gasteiger partial charge in [-0.05, 0) is 29.8 Å². The number of carbonyl (C=O) groups excluding carboxylic acids is 2. The standard InChI is InChI=1S/C19H14F2N2O4/c1-26-18(24)13-8-14(20)15(21)9-17(13)23-19(25)27-10-11-4-5-16-12(7-11)3-2-6-22-16/h2-9H,10H2,1H3,(H,23,25). The smallest absolute Gasteiger partial charge is 0.411 e. The molecule has 0 aliphatic rings. The second-order valence-corrected chi connectivity index (χ2v) is 5.54. The van der Waals surface area contributed by atoms with E-state index in [1.54, 1.807) is 24.4 Å². The van der Waals surface area contributed by atoms with E-state index in [4.69, 9.17) is 4.74 Å². The van der Waals surface area contributed by atoms with Gasteiger partial charge in [0.15, 0.2) is 11.6 Å². The minimum Gasteiger partial charge on any atom is -0.465 e. The molecule has 0 atom stereocenters. The predicted molar refractivity (Wildman–Crippen MR) is 93.2 cm³/mol. The first-order chi connectivity index (χ1) is 13.0. The fourth-order valence-corrected chi connectivity index (χ4v) is 2.44. The Morgan fingerprint density at radius 2 is 1.89 bits per heavy atom. The van der Waals surface area contributed by atoms with Crippen molar-refractivity contribution >= 4 is 28.7 Å². The van der Waals surface area contributed by atoms with Crippen molar-refractivity contribution in [3.63, 3.8) is 0 Å². The van der Waals surface area contributed by atoms with Crippen molar-refractivity contribution in [2.24, 2.45) is 0 Å². The predicted octanol–water partition coefficient (Wildman–Crippen LogP) is 4.05. The average Bonchev–Trinajstić information content (AvgIpc) is 2.68. The lowest BCUT2D eigenvalue weighted by Gasteiger charge is -2.11. The van der Waals surface area contributed by atoms with Gasteiger partial charge in [-0.2, -0.15) is 0 Å².